The number of imidazole rings is 1. The van der Waals surface area contributed by atoms with Crippen LogP contribution in [0.3, 0.4) is 0 Å². The molecular formula is C15H19N3O2S. The van der Waals surface area contributed by atoms with Crippen molar-refractivity contribution in [3.8, 4) is 0 Å². The van der Waals surface area contributed by atoms with Gasteiger partial charge in [-0.15, -0.1) is 11.8 Å². The van der Waals surface area contributed by atoms with Gasteiger partial charge in [0.25, 0.3) is 0 Å². The summed E-state index contributed by atoms with van der Waals surface area (Å²) in [5.74, 6) is 0.701. The third kappa shape index (κ3) is 2.42. The van der Waals surface area contributed by atoms with Crippen molar-refractivity contribution in [1.29, 1.82) is 0 Å². The number of nitrogens with zero attached hydrogens (tertiary/aromatic N) is 2. The molecule has 3 rings (SSSR count). The van der Waals surface area contributed by atoms with Gasteiger partial charge in [-0.1, -0.05) is 0 Å². The first-order chi connectivity index (χ1) is 10.0. The number of nitrogens with one attached hydrogen (secondary N) is 1. The summed E-state index contributed by atoms with van der Waals surface area (Å²) >= 11 is 1.61. The van der Waals surface area contributed by atoms with E-state index >= 15 is 0 Å². The molecule has 0 bridgehead atoms. The predicted octanol–water partition coefficient (Wildman–Crippen LogP) is 2.46. The fraction of sp³-hybridized carbons (Fsp3) is 0.467. The molecule has 21 heavy (non-hydrogen) atoms. The third-order valence-corrected chi connectivity index (χ3v) is 5.23. The number of fused-ring (bicyclic) bond motifs is 1. The first-order valence-corrected chi connectivity index (χ1v) is 8.14. The van der Waals surface area contributed by atoms with E-state index in [4.69, 9.17) is 10.1 Å². The molecule has 2 atom stereocenters. The average Bonchev–Trinajstić information content (AvgIpc) is 3.03. The number of thioether (sulfide) groups is 1. The maximum atomic E-state index is 11.1. The van der Waals surface area contributed by atoms with Crippen LogP contribution in [0, 0.1) is 13.8 Å². The van der Waals surface area contributed by atoms with Gasteiger partial charge in [-0.3, -0.25) is 10.1 Å². The number of aliphatic carboxylic acids is 1. The molecule has 1 aromatic carbocycles. The van der Waals surface area contributed by atoms with Gasteiger partial charge in [-0.2, -0.15) is 0 Å². The van der Waals surface area contributed by atoms with Crippen molar-refractivity contribution in [1.82, 2.24) is 14.9 Å². The van der Waals surface area contributed by atoms with Crippen LogP contribution in [0.15, 0.2) is 12.1 Å². The maximum Gasteiger partial charge on any atom is 0.321 e. The zero-order chi connectivity index (χ0) is 15.1. The second kappa shape index (κ2) is 5.35. The van der Waals surface area contributed by atoms with Crippen LogP contribution < -0.4 is 5.32 Å². The number of carboxylic acids is 1. The SMILES string of the molecule is CCn1c(C2NC(C(=O)O)CS2)nc2cc(C)c(C)cc21. The molecule has 5 nitrogen and oxygen atoms in total. The molecule has 0 radical (unpaired) electrons. The van der Waals surface area contributed by atoms with Crippen molar-refractivity contribution in [3.05, 3.63) is 29.1 Å². The highest BCUT2D eigenvalue weighted by molar-refractivity contribution is 7.99. The van der Waals surface area contributed by atoms with Crippen molar-refractivity contribution < 1.29 is 9.90 Å². The number of aromatic nitrogens is 2. The molecule has 2 aromatic rings. The number of carbonyl (C=O) groups is 1. The highest BCUT2D eigenvalue weighted by Gasteiger charge is 2.33. The standard InChI is InChI=1S/C15H19N3O2S/c1-4-18-12-6-9(3)8(2)5-10(12)16-13(18)14-17-11(7-21-14)15(19)20/h5-6,11,14,17H,4,7H2,1-3H3,(H,19,20). The molecule has 0 spiro atoms. The molecule has 1 aliphatic rings. The van der Waals surface area contributed by atoms with Gasteiger partial charge in [-0.05, 0) is 44.0 Å². The summed E-state index contributed by atoms with van der Waals surface area (Å²) in [6, 6.07) is 3.78. The van der Waals surface area contributed by atoms with Crippen molar-refractivity contribution in [2.24, 2.45) is 0 Å². The summed E-state index contributed by atoms with van der Waals surface area (Å²) in [7, 11) is 0. The molecule has 2 N–H and O–H groups in total. The summed E-state index contributed by atoms with van der Waals surface area (Å²) in [4.78, 5) is 15.8. The first-order valence-electron chi connectivity index (χ1n) is 7.09. The van der Waals surface area contributed by atoms with Gasteiger partial charge in [-0.25, -0.2) is 4.98 Å². The van der Waals surface area contributed by atoms with Crippen LogP contribution in [0.1, 0.15) is 29.2 Å². The smallest absolute Gasteiger partial charge is 0.321 e. The lowest BCUT2D eigenvalue weighted by Gasteiger charge is -2.13. The molecule has 1 aliphatic heterocycles. The molecule has 2 unspecified atom stereocenters. The van der Waals surface area contributed by atoms with Crippen LogP contribution in [-0.4, -0.2) is 32.4 Å². The van der Waals surface area contributed by atoms with Gasteiger partial charge in [0.1, 0.15) is 17.2 Å². The molecule has 112 valence electrons. The van der Waals surface area contributed by atoms with E-state index in [1.807, 2.05) is 0 Å². The van der Waals surface area contributed by atoms with Gasteiger partial charge in [0.2, 0.25) is 0 Å². The van der Waals surface area contributed by atoms with Crippen LogP contribution in [0.5, 0.6) is 0 Å². The molecule has 0 saturated carbocycles. The van der Waals surface area contributed by atoms with E-state index in [0.29, 0.717) is 5.75 Å². The van der Waals surface area contributed by atoms with Crippen LogP contribution >= 0.6 is 11.8 Å². The van der Waals surface area contributed by atoms with Gasteiger partial charge < -0.3 is 9.67 Å². The van der Waals surface area contributed by atoms with E-state index in [9.17, 15) is 4.79 Å². The lowest BCUT2D eigenvalue weighted by Crippen LogP contribution is -2.34. The number of carboxylic acid groups (broad SMARTS) is 1. The lowest BCUT2D eigenvalue weighted by molar-refractivity contribution is -0.138. The van der Waals surface area contributed by atoms with Crippen molar-refractivity contribution in [2.45, 2.75) is 38.7 Å². The zero-order valence-corrected chi connectivity index (χ0v) is 13.2. The Bertz CT molecular complexity index is 710. The predicted molar refractivity (Wildman–Crippen MR) is 84.6 cm³/mol. The maximum absolute atomic E-state index is 11.1. The fourth-order valence-electron chi connectivity index (χ4n) is 2.69. The minimum absolute atomic E-state index is 0.0564. The van der Waals surface area contributed by atoms with E-state index in [1.54, 1.807) is 11.8 Å². The normalized spacial score (nSPS) is 22.0. The van der Waals surface area contributed by atoms with Gasteiger partial charge in [0.15, 0.2) is 0 Å². The second-order valence-electron chi connectivity index (χ2n) is 5.41. The van der Waals surface area contributed by atoms with Crippen molar-refractivity contribution in [3.63, 3.8) is 0 Å². The number of benzene rings is 1. The summed E-state index contributed by atoms with van der Waals surface area (Å²) in [6.45, 7) is 7.10. The van der Waals surface area contributed by atoms with Crippen molar-refractivity contribution in [2.75, 3.05) is 5.75 Å². The Morgan fingerprint density at radius 3 is 2.81 bits per heavy atom. The number of hydrogen-bond donors (Lipinski definition) is 2. The molecule has 0 amide bonds. The minimum Gasteiger partial charge on any atom is -0.480 e. The lowest BCUT2D eigenvalue weighted by atomic mass is 10.1. The van der Waals surface area contributed by atoms with E-state index in [-0.39, 0.29) is 5.37 Å². The Balaban J connectivity index is 2.05. The van der Waals surface area contributed by atoms with Crippen LogP contribution in [0.4, 0.5) is 0 Å². The highest BCUT2D eigenvalue weighted by Crippen LogP contribution is 2.34. The third-order valence-electron chi connectivity index (χ3n) is 4.02. The largest absolute Gasteiger partial charge is 0.480 e. The first kappa shape index (κ1) is 14.4. The fourth-order valence-corrected chi connectivity index (χ4v) is 3.91. The number of rotatable bonds is 3. The molecule has 0 aliphatic carbocycles. The Kier molecular flexibility index (Phi) is 3.67. The average molecular weight is 305 g/mol. The van der Waals surface area contributed by atoms with E-state index in [1.165, 1.54) is 11.1 Å². The zero-order valence-electron chi connectivity index (χ0n) is 12.4. The highest BCUT2D eigenvalue weighted by atomic mass is 32.2. The Hall–Kier alpha value is -1.53. The Morgan fingerprint density at radius 1 is 1.48 bits per heavy atom. The van der Waals surface area contributed by atoms with Gasteiger partial charge in [0.05, 0.1) is 11.0 Å². The second-order valence-corrected chi connectivity index (χ2v) is 6.55. The molecule has 2 heterocycles. The molecule has 1 fully saturated rings. The summed E-state index contributed by atoms with van der Waals surface area (Å²) in [5, 5.41) is 12.2. The van der Waals surface area contributed by atoms with Crippen LogP contribution in [0.25, 0.3) is 11.0 Å². The van der Waals surface area contributed by atoms with E-state index in [2.05, 4.69) is 42.8 Å². The Morgan fingerprint density at radius 2 is 2.19 bits per heavy atom. The topological polar surface area (TPSA) is 67.2 Å². The van der Waals surface area contributed by atoms with Crippen LogP contribution in [0.2, 0.25) is 0 Å². The summed E-state index contributed by atoms with van der Waals surface area (Å²) in [5.41, 5.74) is 4.58. The quantitative estimate of drug-likeness (QED) is 0.912. The molecule has 1 saturated heterocycles. The number of hydrogen-bond acceptors (Lipinski definition) is 4. The summed E-state index contributed by atoms with van der Waals surface area (Å²) in [6.07, 6.45) is 0. The monoisotopic (exact) mass is 305 g/mol. The molecule has 6 heteroatoms. The minimum atomic E-state index is -0.796. The summed E-state index contributed by atoms with van der Waals surface area (Å²) < 4.78 is 2.18. The number of aryl methyl sites for hydroxylation is 3. The Labute approximate surface area is 127 Å². The van der Waals surface area contributed by atoms with Crippen molar-refractivity contribution >= 4 is 28.8 Å². The molecule has 1 aromatic heterocycles. The molecular weight excluding hydrogens is 286 g/mol. The van der Waals surface area contributed by atoms with Gasteiger partial charge in [0, 0.05) is 12.3 Å². The van der Waals surface area contributed by atoms with Crippen LogP contribution in [-0.2, 0) is 11.3 Å². The van der Waals surface area contributed by atoms with E-state index < -0.39 is 12.0 Å². The van der Waals surface area contributed by atoms with Gasteiger partial charge >= 0.3 is 5.97 Å². The van der Waals surface area contributed by atoms with E-state index in [0.717, 1.165) is 23.4 Å².